The molecule has 0 aliphatic carbocycles. The molecule has 1 N–H and O–H groups in total. The number of rotatable bonds is 4. The van der Waals surface area contributed by atoms with E-state index in [1.807, 2.05) is 13.0 Å². The molecule has 2 rings (SSSR count). The molecule has 6 heteroatoms. The lowest BCUT2D eigenvalue weighted by atomic mass is 10.1. The Hall–Kier alpha value is -1.97. The first-order chi connectivity index (χ1) is 9.06. The molecule has 0 saturated heterocycles. The van der Waals surface area contributed by atoms with Gasteiger partial charge in [0.1, 0.15) is 0 Å². The molecule has 0 spiro atoms. The van der Waals surface area contributed by atoms with Gasteiger partial charge in [-0.3, -0.25) is 4.98 Å². The van der Waals surface area contributed by atoms with E-state index in [1.165, 1.54) is 0 Å². The van der Waals surface area contributed by atoms with Crippen molar-refractivity contribution in [3.63, 3.8) is 0 Å². The summed E-state index contributed by atoms with van der Waals surface area (Å²) < 4.78 is 26.8. The van der Waals surface area contributed by atoms with Gasteiger partial charge >= 0.3 is 0 Å². The highest BCUT2D eigenvalue weighted by Gasteiger charge is 2.17. The number of nitrogens with one attached hydrogen (secondary N) is 1. The molecular weight excluding hydrogens is 262 g/mol. The monoisotopic (exact) mass is 275 g/mol. The average molecular weight is 275 g/mol. The van der Waals surface area contributed by atoms with E-state index in [-0.39, 0.29) is 17.9 Å². The lowest BCUT2D eigenvalue weighted by Gasteiger charge is -2.09. The van der Waals surface area contributed by atoms with Gasteiger partial charge in [-0.2, -0.15) is 5.26 Å². The predicted octanol–water partition coefficient (Wildman–Crippen LogP) is 1.74. The third kappa shape index (κ3) is 2.72. The Bertz CT molecular complexity index is 748. The Balaban J connectivity index is 2.52. The van der Waals surface area contributed by atoms with Crippen molar-refractivity contribution in [2.24, 2.45) is 0 Å². The zero-order chi connectivity index (χ0) is 13.9. The number of nitrogens with zero attached hydrogens (tertiary/aromatic N) is 2. The molecule has 1 aromatic heterocycles. The summed E-state index contributed by atoms with van der Waals surface area (Å²) in [4.78, 5) is 4.40. The quantitative estimate of drug-likeness (QED) is 0.861. The van der Waals surface area contributed by atoms with E-state index in [0.29, 0.717) is 10.9 Å². The molecule has 5 nitrogen and oxygen atoms in total. The van der Waals surface area contributed by atoms with Crippen molar-refractivity contribution >= 4 is 20.9 Å². The fourth-order valence-corrected chi connectivity index (χ4v) is 3.07. The van der Waals surface area contributed by atoms with Gasteiger partial charge in [0.25, 0.3) is 0 Å². The Morgan fingerprint density at radius 2 is 2.16 bits per heavy atom. The molecule has 0 amide bonds. The Morgan fingerprint density at radius 1 is 1.37 bits per heavy atom. The van der Waals surface area contributed by atoms with Crippen molar-refractivity contribution in [1.29, 1.82) is 5.26 Å². The number of pyridine rings is 1. The third-order valence-corrected chi connectivity index (χ3v) is 4.27. The van der Waals surface area contributed by atoms with E-state index in [2.05, 4.69) is 9.71 Å². The minimum Gasteiger partial charge on any atom is -0.256 e. The van der Waals surface area contributed by atoms with Gasteiger partial charge in [0.15, 0.2) is 0 Å². The van der Waals surface area contributed by atoms with Crippen LogP contribution in [0, 0.1) is 18.3 Å². The van der Waals surface area contributed by atoms with Gasteiger partial charge in [-0.15, -0.1) is 0 Å². The second kappa shape index (κ2) is 5.34. The minimum atomic E-state index is -3.62. The van der Waals surface area contributed by atoms with Crippen LogP contribution in [0.4, 0.5) is 0 Å². The van der Waals surface area contributed by atoms with Gasteiger partial charge < -0.3 is 0 Å². The van der Waals surface area contributed by atoms with Crippen molar-refractivity contribution in [3.05, 3.63) is 36.0 Å². The maximum atomic E-state index is 12.2. The number of aryl methyl sites for hydroxylation is 1. The molecule has 0 bridgehead atoms. The van der Waals surface area contributed by atoms with Crippen LogP contribution in [0.15, 0.2) is 35.4 Å². The van der Waals surface area contributed by atoms with Gasteiger partial charge in [-0.25, -0.2) is 13.1 Å². The van der Waals surface area contributed by atoms with E-state index in [9.17, 15) is 8.42 Å². The summed E-state index contributed by atoms with van der Waals surface area (Å²) in [7, 11) is -3.62. The standard InChI is InChI=1S/C13H13N3O2S/c1-10-5-6-12(11-4-2-8-15-13(10)11)19(17,18)16-9-3-7-14/h2,4-6,8,16H,3,9H2,1H3. The van der Waals surface area contributed by atoms with E-state index in [4.69, 9.17) is 5.26 Å². The van der Waals surface area contributed by atoms with E-state index in [1.54, 1.807) is 30.5 Å². The van der Waals surface area contributed by atoms with Crippen LogP contribution in [-0.4, -0.2) is 19.9 Å². The SMILES string of the molecule is Cc1ccc(S(=O)(=O)NCCC#N)c2cccnc12. The number of hydrogen-bond donors (Lipinski definition) is 1. The molecule has 0 unspecified atom stereocenters. The number of fused-ring (bicyclic) bond motifs is 1. The summed E-state index contributed by atoms with van der Waals surface area (Å²) >= 11 is 0. The second-order valence-corrected chi connectivity index (χ2v) is 5.82. The Kier molecular flexibility index (Phi) is 3.79. The smallest absolute Gasteiger partial charge is 0.241 e. The maximum Gasteiger partial charge on any atom is 0.241 e. The summed E-state index contributed by atoms with van der Waals surface area (Å²) in [6.07, 6.45) is 1.77. The van der Waals surface area contributed by atoms with Crippen LogP contribution >= 0.6 is 0 Å². The van der Waals surface area contributed by atoms with Gasteiger partial charge in [0.05, 0.1) is 16.5 Å². The van der Waals surface area contributed by atoms with Crippen molar-refractivity contribution in [2.75, 3.05) is 6.54 Å². The largest absolute Gasteiger partial charge is 0.256 e. The van der Waals surface area contributed by atoms with E-state index >= 15 is 0 Å². The first-order valence-electron chi connectivity index (χ1n) is 5.77. The summed E-state index contributed by atoms with van der Waals surface area (Å²) in [6, 6.07) is 8.63. The first kappa shape index (κ1) is 13.5. The minimum absolute atomic E-state index is 0.106. The molecule has 0 radical (unpaired) electrons. The lowest BCUT2D eigenvalue weighted by molar-refractivity contribution is 0.583. The Morgan fingerprint density at radius 3 is 2.89 bits per heavy atom. The molecule has 0 aliphatic heterocycles. The average Bonchev–Trinajstić information content (AvgIpc) is 2.39. The van der Waals surface area contributed by atoms with Crippen LogP contribution < -0.4 is 4.72 Å². The summed E-state index contributed by atoms with van der Waals surface area (Å²) in [6.45, 7) is 1.99. The third-order valence-electron chi connectivity index (χ3n) is 2.75. The number of hydrogen-bond acceptors (Lipinski definition) is 4. The molecule has 0 saturated carbocycles. The molecule has 0 atom stereocenters. The highest BCUT2D eigenvalue weighted by Crippen LogP contribution is 2.23. The molecular formula is C13H13N3O2S. The summed E-state index contributed by atoms with van der Waals surface area (Å²) in [5.41, 5.74) is 1.59. The zero-order valence-corrected chi connectivity index (χ0v) is 11.2. The van der Waals surface area contributed by atoms with Gasteiger partial charge in [-0.1, -0.05) is 6.07 Å². The normalized spacial score (nSPS) is 11.4. The molecule has 1 aromatic carbocycles. The molecule has 0 fully saturated rings. The number of aromatic nitrogens is 1. The number of nitriles is 1. The van der Waals surface area contributed by atoms with Crippen LogP contribution in [0.25, 0.3) is 10.9 Å². The van der Waals surface area contributed by atoms with Gasteiger partial charge in [-0.05, 0) is 30.7 Å². The topological polar surface area (TPSA) is 82.9 Å². The van der Waals surface area contributed by atoms with Crippen molar-refractivity contribution in [3.8, 4) is 6.07 Å². The second-order valence-electron chi connectivity index (χ2n) is 4.09. The van der Waals surface area contributed by atoms with Crippen molar-refractivity contribution in [2.45, 2.75) is 18.2 Å². The highest BCUT2D eigenvalue weighted by molar-refractivity contribution is 7.89. The lowest BCUT2D eigenvalue weighted by Crippen LogP contribution is -2.24. The molecule has 2 aromatic rings. The maximum absolute atomic E-state index is 12.2. The Labute approximate surface area is 111 Å². The predicted molar refractivity (Wildman–Crippen MR) is 71.9 cm³/mol. The molecule has 0 aliphatic rings. The fraction of sp³-hybridized carbons (Fsp3) is 0.231. The van der Waals surface area contributed by atoms with Crippen molar-refractivity contribution in [1.82, 2.24) is 9.71 Å². The van der Waals surface area contributed by atoms with Gasteiger partial charge in [0.2, 0.25) is 10.0 Å². The molecule has 98 valence electrons. The first-order valence-corrected chi connectivity index (χ1v) is 7.25. The fourth-order valence-electron chi connectivity index (χ4n) is 1.84. The summed E-state index contributed by atoms with van der Waals surface area (Å²) in [5.74, 6) is 0. The molecule has 1 heterocycles. The van der Waals surface area contributed by atoms with Crippen LogP contribution in [0.5, 0.6) is 0 Å². The van der Waals surface area contributed by atoms with E-state index < -0.39 is 10.0 Å². The van der Waals surface area contributed by atoms with E-state index in [0.717, 1.165) is 5.56 Å². The van der Waals surface area contributed by atoms with Crippen molar-refractivity contribution < 1.29 is 8.42 Å². The summed E-state index contributed by atoms with van der Waals surface area (Å²) in [5, 5.41) is 9.04. The highest BCUT2D eigenvalue weighted by atomic mass is 32.2. The van der Waals surface area contributed by atoms with Crippen LogP contribution in [-0.2, 0) is 10.0 Å². The molecule has 19 heavy (non-hydrogen) atoms. The number of sulfonamides is 1. The zero-order valence-electron chi connectivity index (χ0n) is 10.4. The van der Waals surface area contributed by atoms with Crippen LogP contribution in [0.2, 0.25) is 0 Å². The van der Waals surface area contributed by atoms with Gasteiger partial charge in [0, 0.05) is 24.5 Å². The number of benzene rings is 1. The van der Waals surface area contributed by atoms with Crippen LogP contribution in [0.3, 0.4) is 0 Å². The van der Waals surface area contributed by atoms with Crippen LogP contribution in [0.1, 0.15) is 12.0 Å².